The highest BCUT2D eigenvalue weighted by Crippen LogP contribution is 2.15. The Hall–Kier alpha value is -1.47. The van der Waals surface area contributed by atoms with Crippen molar-refractivity contribution in [2.45, 2.75) is 26.0 Å². The zero-order valence-electron chi connectivity index (χ0n) is 13.0. The number of thiazole rings is 1. The van der Waals surface area contributed by atoms with Crippen LogP contribution in [0.15, 0.2) is 35.7 Å². The second-order valence-electron chi connectivity index (χ2n) is 4.86. The normalized spacial score (nSPS) is 11.6. The van der Waals surface area contributed by atoms with Crippen molar-refractivity contribution in [3.05, 3.63) is 52.0 Å². The molecule has 5 nitrogen and oxygen atoms in total. The van der Waals surface area contributed by atoms with Gasteiger partial charge in [0.25, 0.3) is 5.91 Å². The van der Waals surface area contributed by atoms with E-state index in [1.807, 2.05) is 37.3 Å². The van der Waals surface area contributed by atoms with Gasteiger partial charge in [-0.1, -0.05) is 30.3 Å². The summed E-state index contributed by atoms with van der Waals surface area (Å²) >= 11 is 1.40. The van der Waals surface area contributed by atoms with Gasteiger partial charge in [-0.3, -0.25) is 4.79 Å². The summed E-state index contributed by atoms with van der Waals surface area (Å²) in [6, 6.07) is 10.1. The van der Waals surface area contributed by atoms with E-state index < -0.39 is 0 Å². The number of carbonyl (C=O) groups excluding carboxylic acids is 1. The topological polar surface area (TPSA) is 77.2 Å². The van der Waals surface area contributed by atoms with Gasteiger partial charge in [0.05, 0.1) is 6.10 Å². The zero-order chi connectivity index (χ0) is 15.8. The monoisotopic (exact) mass is 355 g/mol. The summed E-state index contributed by atoms with van der Waals surface area (Å²) in [5.74, 6) is -0.160. The highest BCUT2D eigenvalue weighted by molar-refractivity contribution is 7.09. The van der Waals surface area contributed by atoms with Crippen LogP contribution >= 0.6 is 23.7 Å². The van der Waals surface area contributed by atoms with Crippen LogP contribution in [0, 0.1) is 0 Å². The first kappa shape index (κ1) is 19.6. The lowest BCUT2D eigenvalue weighted by molar-refractivity contribution is 0.0634. The first-order valence-electron chi connectivity index (χ1n) is 7.30. The lowest BCUT2D eigenvalue weighted by Crippen LogP contribution is -2.25. The maximum Gasteiger partial charge on any atom is 0.270 e. The van der Waals surface area contributed by atoms with Gasteiger partial charge in [-0.2, -0.15) is 0 Å². The average Bonchev–Trinajstić information content (AvgIpc) is 3.04. The van der Waals surface area contributed by atoms with Crippen LogP contribution in [0.4, 0.5) is 0 Å². The van der Waals surface area contributed by atoms with Crippen LogP contribution in [0.1, 0.15) is 40.5 Å². The molecule has 1 amide bonds. The van der Waals surface area contributed by atoms with Crippen molar-refractivity contribution in [1.82, 2.24) is 10.3 Å². The molecular weight excluding hydrogens is 334 g/mol. The molecule has 3 N–H and O–H groups in total. The van der Waals surface area contributed by atoms with E-state index in [-0.39, 0.29) is 24.4 Å². The summed E-state index contributed by atoms with van der Waals surface area (Å²) in [4.78, 5) is 16.0. The number of aromatic nitrogens is 1. The molecule has 0 spiro atoms. The molecule has 2 rings (SSSR count). The summed E-state index contributed by atoms with van der Waals surface area (Å²) in [7, 11) is 0. The van der Waals surface area contributed by atoms with Crippen LogP contribution in [-0.2, 0) is 11.3 Å². The van der Waals surface area contributed by atoms with Gasteiger partial charge in [0.1, 0.15) is 10.7 Å². The fourth-order valence-corrected chi connectivity index (χ4v) is 2.61. The maximum absolute atomic E-state index is 11.8. The first-order chi connectivity index (χ1) is 10.7. The number of amides is 1. The molecule has 0 fully saturated rings. The van der Waals surface area contributed by atoms with Crippen molar-refractivity contribution < 1.29 is 9.53 Å². The molecule has 0 bridgehead atoms. The number of nitrogens with zero attached hydrogens (tertiary/aromatic N) is 1. The molecule has 1 aromatic heterocycles. The molecule has 0 aliphatic carbocycles. The number of rotatable bonds is 8. The SMILES string of the molecule is CC(OCCCNC(=O)c1csc(CN)n1)c1ccccc1.Cl. The van der Waals surface area contributed by atoms with Crippen molar-refractivity contribution in [1.29, 1.82) is 0 Å². The molecular formula is C16H22ClN3O2S. The van der Waals surface area contributed by atoms with Gasteiger partial charge in [0.15, 0.2) is 0 Å². The second-order valence-corrected chi connectivity index (χ2v) is 5.81. The molecule has 1 heterocycles. The van der Waals surface area contributed by atoms with Gasteiger partial charge in [-0.15, -0.1) is 23.7 Å². The summed E-state index contributed by atoms with van der Waals surface area (Å²) in [6.07, 6.45) is 0.819. The van der Waals surface area contributed by atoms with Crippen molar-refractivity contribution >= 4 is 29.7 Å². The zero-order valence-corrected chi connectivity index (χ0v) is 14.7. The third-order valence-corrected chi connectivity index (χ3v) is 4.07. The standard InChI is InChI=1S/C16H21N3O2S.ClH/c1-12(13-6-3-2-4-7-13)21-9-5-8-18-16(20)14-11-22-15(10-17)19-14;/h2-4,6-7,11-12H,5,8-10,17H2,1H3,(H,18,20);1H. The van der Waals surface area contributed by atoms with Gasteiger partial charge in [-0.05, 0) is 18.9 Å². The van der Waals surface area contributed by atoms with E-state index >= 15 is 0 Å². The van der Waals surface area contributed by atoms with Crippen LogP contribution in [0.5, 0.6) is 0 Å². The summed E-state index contributed by atoms with van der Waals surface area (Å²) in [5.41, 5.74) is 7.07. The minimum absolute atomic E-state index is 0. The van der Waals surface area contributed by atoms with E-state index in [0.717, 1.165) is 17.0 Å². The summed E-state index contributed by atoms with van der Waals surface area (Å²) in [5, 5.41) is 5.33. The number of carbonyl (C=O) groups is 1. The lowest BCUT2D eigenvalue weighted by atomic mass is 10.1. The molecule has 0 aliphatic rings. The molecule has 7 heteroatoms. The molecule has 2 aromatic rings. The van der Waals surface area contributed by atoms with Crippen LogP contribution in [-0.4, -0.2) is 24.0 Å². The molecule has 1 aromatic carbocycles. The lowest BCUT2D eigenvalue weighted by Gasteiger charge is -2.13. The quantitative estimate of drug-likeness (QED) is 0.714. The van der Waals surface area contributed by atoms with Gasteiger partial charge >= 0.3 is 0 Å². The smallest absolute Gasteiger partial charge is 0.270 e. The third-order valence-electron chi connectivity index (χ3n) is 3.20. The Kier molecular flexibility index (Phi) is 8.79. The molecule has 0 saturated heterocycles. The number of halogens is 1. The third kappa shape index (κ3) is 6.27. The highest BCUT2D eigenvalue weighted by atomic mass is 35.5. The van der Waals surface area contributed by atoms with Gasteiger partial charge in [-0.25, -0.2) is 4.98 Å². The molecule has 0 aliphatic heterocycles. The first-order valence-corrected chi connectivity index (χ1v) is 8.18. The number of ether oxygens (including phenoxy) is 1. The second kappa shape index (κ2) is 10.3. The summed E-state index contributed by atoms with van der Waals surface area (Å²) < 4.78 is 5.76. The average molecular weight is 356 g/mol. The summed E-state index contributed by atoms with van der Waals surface area (Å²) in [6.45, 7) is 3.55. The number of nitrogens with one attached hydrogen (secondary N) is 1. The van der Waals surface area contributed by atoms with Gasteiger partial charge in [0, 0.05) is 25.1 Å². The van der Waals surface area contributed by atoms with E-state index in [9.17, 15) is 4.79 Å². The number of benzene rings is 1. The van der Waals surface area contributed by atoms with E-state index in [0.29, 0.717) is 25.4 Å². The minimum atomic E-state index is -0.160. The largest absolute Gasteiger partial charge is 0.374 e. The molecule has 23 heavy (non-hydrogen) atoms. The van der Waals surface area contributed by atoms with Crippen LogP contribution < -0.4 is 11.1 Å². The predicted molar refractivity (Wildman–Crippen MR) is 95.0 cm³/mol. The molecule has 0 radical (unpaired) electrons. The molecule has 1 unspecified atom stereocenters. The Morgan fingerprint density at radius 2 is 2.13 bits per heavy atom. The Morgan fingerprint density at radius 3 is 2.78 bits per heavy atom. The van der Waals surface area contributed by atoms with E-state index in [1.165, 1.54) is 11.3 Å². The van der Waals surface area contributed by atoms with Gasteiger partial charge < -0.3 is 15.8 Å². The maximum atomic E-state index is 11.8. The molecule has 1 atom stereocenters. The van der Waals surface area contributed by atoms with Crippen molar-refractivity contribution in [3.63, 3.8) is 0 Å². The van der Waals surface area contributed by atoms with E-state index in [4.69, 9.17) is 10.5 Å². The number of hydrogen-bond donors (Lipinski definition) is 2. The van der Waals surface area contributed by atoms with Crippen molar-refractivity contribution in [3.8, 4) is 0 Å². The molecule has 126 valence electrons. The fraction of sp³-hybridized carbons (Fsp3) is 0.375. The van der Waals surface area contributed by atoms with Crippen LogP contribution in [0.3, 0.4) is 0 Å². The Morgan fingerprint density at radius 1 is 1.39 bits per heavy atom. The predicted octanol–water partition coefficient (Wildman–Crippen LogP) is 2.92. The van der Waals surface area contributed by atoms with Crippen LogP contribution in [0.2, 0.25) is 0 Å². The number of nitrogens with two attached hydrogens (primary N) is 1. The van der Waals surface area contributed by atoms with E-state index in [1.54, 1.807) is 5.38 Å². The van der Waals surface area contributed by atoms with Crippen LogP contribution in [0.25, 0.3) is 0 Å². The van der Waals surface area contributed by atoms with Gasteiger partial charge in [0.2, 0.25) is 0 Å². The fourth-order valence-electron chi connectivity index (χ4n) is 1.95. The Labute approximate surface area is 146 Å². The molecule has 0 saturated carbocycles. The van der Waals surface area contributed by atoms with E-state index in [2.05, 4.69) is 10.3 Å². The number of hydrogen-bond acceptors (Lipinski definition) is 5. The Bertz CT molecular complexity index is 592. The van der Waals surface area contributed by atoms with Crippen molar-refractivity contribution in [2.24, 2.45) is 5.73 Å². The minimum Gasteiger partial charge on any atom is -0.374 e. The Balaban J connectivity index is 0.00000264. The highest BCUT2D eigenvalue weighted by Gasteiger charge is 2.09. The van der Waals surface area contributed by atoms with Crippen molar-refractivity contribution in [2.75, 3.05) is 13.2 Å².